The van der Waals surface area contributed by atoms with Gasteiger partial charge in [0, 0.05) is 19.3 Å². The first-order valence-corrected chi connectivity index (χ1v) is 19.7. The van der Waals surface area contributed by atoms with Crippen molar-refractivity contribution in [3.63, 3.8) is 0 Å². The van der Waals surface area contributed by atoms with Gasteiger partial charge in [-0.1, -0.05) is 40.0 Å². The van der Waals surface area contributed by atoms with E-state index in [0.29, 0.717) is 25.7 Å². The van der Waals surface area contributed by atoms with Crippen molar-refractivity contribution in [3.8, 4) is 0 Å². The van der Waals surface area contributed by atoms with Crippen molar-refractivity contribution in [3.05, 3.63) is 0 Å². The molecule has 0 aromatic rings. The predicted molar refractivity (Wildman–Crippen MR) is 154 cm³/mol. The number of unbranched alkanes of at least 4 members (excludes halogenated alkanes) is 3. The highest BCUT2D eigenvalue weighted by Crippen LogP contribution is 2.54. The van der Waals surface area contributed by atoms with Gasteiger partial charge in [0.25, 0.3) is 0 Å². The van der Waals surface area contributed by atoms with Crippen LogP contribution in [-0.4, -0.2) is 104 Å². The van der Waals surface area contributed by atoms with Gasteiger partial charge in [0.15, 0.2) is 18.3 Å². The quantitative estimate of drug-likeness (QED) is 0.0562. The molecule has 0 aromatic carbocycles. The molecule has 0 aromatic heterocycles. The van der Waals surface area contributed by atoms with Gasteiger partial charge in [0.2, 0.25) is 0 Å². The molecule has 0 bridgehead atoms. The van der Waals surface area contributed by atoms with E-state index in [1.165, 1.54) is 0 Å². The lowest BCUT2D eigenvalue weighted by Gasteiger charge is -2.48. The number of aliphatic hydroxyl groups excluding tert-OH is 3. The highest BCUT2D eigenvalue weighted by Gasteiger charge is 2.61. The Labute approximate surface area is 260 Å². The summed E-state index contributed by atoms with van der Waals surface area (Å²) < 4.78 is 69.9. The minimum absolute atomic E-state index is 0.225. The average Bonchev–Trinajstić information content (AvgIpc) is 2.98. The zero-order valence-corrected chi connectivity index (χ0v) is 28.1. The standard InChI is InChI=1S/C24H45O18P3/c1-4-7-10-16(28)37-19-20(38-17(29)11-8-5-2)22(40-43(31,32)13-25)24(42-45(35,36)15-27)23(41-44(33,34)14-26)21(19)39-18(30)12-9-6-3/h19-27H,4-15H2,1-3H3,(H,31,32)(H,33,34)(H,35,36)/t19-,20-,21+,22-,23-,24-/m0/s1. The molecular weight excluding hydrogens is 669 g/mol. The van der Waals surface area contributed by atoms with Crippen molar-refractivity contribution in [1.82, 2.24) is 0 Å². The van der Waals surface area contributed by atoms with E-state index in [4.69, 9.17) is 27.8 Å². The largest absolute Gasteiger partial charge is 0.455 e. The highest BCUT2D eigenvalue weighted by atomic mass is 31.2. The lowest BCUT2D eigenvalue weighted by Crippen LogP contribution is -2.68. The summed E-state index contributed by atoms with van der Waals surface area (Å²) in [6.07, 6.45) is -16.2. The van der Waals surface area contributed by atoms with E-state index in [0.717, 1.165) is 0 Å². The molecule has 1 saturated carbocycles. The molecule has 0 saturated heterocycles. The second-order valence-electron chi connectivity index (χ2n) is 10.2. The fourth-order valence-corrected chi connectivity index (χ4v) is 6.21. The van der Waals surface area contributed by atoms with E-state index in [9.17, 15) is 58.1 Å². The molecule has 0 amide bonds. The van der Waals surface area contributed by atoms with E-state index >= 15 is 0 Å². The normalized spacial score (nSPS) is 27.4. The summed E-state index contributed by atoms with van der Waals surface area (Å²) in [5, 5.41) is 28.5. The second-order valence-corrected chi connectivity index (χ2v) is 15.5. The Morgan fingerprint density at radius 2 is 0.711 bits per heavy atom. The van der Waals surface area contributed by atoms with Crippen LogP contribution in [0, 0.1) is 0 Å². The van der Waals surface area contributed by atoms with Crippen molar-refractivity contribution in [2.24, 2.45) is 0 Å². The van der Waals surface area contributed by atoms with Crippen LogP contribution >= 0.6 is 22.8 Å². The van der Waals surface area contributed by atoms with Gasteiger partial charge < -0.3 is 44.2 Å². The Bertz CT molecular complexity index is 1040. The summed E-state index contributed by atoms with van der Waals surface area (Å²) in [5.74, 6) is -2.95. The van der Waals surface area contributed by atoms with E-state index in [2.05, 4.69) is 0 Å². The molecule has 21 heteroatoms. The smallest absolute Gasteiger partial charge is 0.353 e. The molecular formula is C24H45O18P3. The first-order chi connectivity index (χ1) is 21.0. The Hall–Kier alpha value is -1.26. The number of aliphatic hydroxyl groups is 3. The SMILES string of the molecule is CCCCC(=O)O[C@@H]1[C@@H](OC(=O)CCCC)[C@H](OP(=O)(O)CO)[C@@H](OP(=O)(O)CO)[C@@H](OP(=O)(O)CO)[C@H]1OC(=O)CCCC. The van der Waals surface area contributed by atoms with Gasteiger partial charge in [-0.15, -0.1) is 0 Å². The lowest BCUT2D eigenvalue weighted by molar-refractivity contribution is -0.238. The monoisotopic (exact) mass is 714 g/mol. The fraction of sp³-hybridized carbons (Fsp3) is 0.875. The van der Waals surface area contributed by atoms with Crippen LogP contribution in [0.4, 0.5) is 0 Å². The summed E-state index contributed by atoms with van der Waals surface area (Å²) in [7, 11) is -15.4. The molecule has 9 atom stereocenters. The molecule has 1 fully saturated rings. The van der Waals surface area contributed by atoms with Gasteiger partial charge in [-0.3, -0.25) is 41.6 Å². The summed E-state index contributed by atoms with van der Waals surface area (Å²) in [6, 6.07) is 0. The number of ether oxygens (including phenoxy) is 3. The summed E-state index contributed by atoms with van der Waals surface area (Å²) in [5.41, 5.74) is 0. The van der Waals surface area contributed by atoms with Crippen molar-refractivity contribution in [2.75, 3.05) is 19.0 Å². The van der Waals surface area contributed by atoms with Crippen LogP contribution in [0.3, 0.4) is 0 Å². The number of esters is 3. The molecule has 264 valence electrons. The molecule has 18 nitrogen and oxygen atoms in total. The summed E-state index contributed by atoms with van der Waals surface area (Å²) >= 11 is 0. The Morgan fingerprint density at radius 3 is 0.933 bits per heavy atom. The van der Waals surface area contributed by atoms with E-state index in [-0.39, 0.29) is 32.1 Å². The average molecular weight is 715 g/mol. The van der Waals surface area contributed by atoms with Crippen molar-refractivity contribution < 1.29 is 85.9 Å². The molecule has 0 aliphatic heterocycles. The molecule has 0 heterocycles. The van der Waals surface area contributed by atoms with Crippen molar-refractivity contribution >= 4 is 40.7 Å². The third-order valence-electron chi connectivity index (χ3n) is 6.34. The van der Waals surface area contributed by atoms with Crippen LogP contribution < -0.4 is 0 Å². The Morgan fingerprint density at radius 1 is 0.489 bits per heavy atom. The first-order valence-electron chi connectivity index (χ1n) is 14.4. The summed E-state index contributed by atoms with van der Waals surface area (Å²) in [4.78, 5) is 69.3. The molecule has 1 rings (SSSR count). The second kappa shape index (κ2) is 19.5. The number of carbonyl (C=O) groups excluding carboxylic acids is 3. The number of rotatable bonds is 21. The predicted octanol–water partition coefficient (Wildman–Crippen LogP) is 1.87. The zero-order valence-electron chi connectivity index (χ0n) is 25.4. The molecule has 0 spiro atoms. The minimum atomic E-state index is -5.14. The summed E-state index contributed by atoms with van der Waals surface area (Å²) in [6.45, 7) is 5.26. The van der Waals surface area contributed by atoms with Gasteiger partial charge in [-0.25, -0.2) is 0 Å². The van der Waals surface area contributed by atoms with Crippen LogP contribution in [0.5, 0.6) is 0 Å². The van der Waals surface area contributed by atoms with Gasteiger partial charge in [0.05, 0.1) is 0 Å². The maximum absolute atomic E-state index is 12.9. The lowest BCUT2D eigenvalue weighted by atomic mass is 9.84. The molecule has 1 aliphatic carbocycles. The van der Waals surface area contributed by atoms with Gasteiger partial charge in [0.1, 0.15) is 37.4 Å². The third-order valence-corrected chi connectivity index (χ3v) is 9.14. The number of hydrogen-bond donors (Lipinski definition) is 6. The molecule has 3 unspecified atom stereocenters. The van der Waals surface area contributed by atoms with Crippen LogP contribution in [-0.2, 0) is 55.9 Å². The van der Waals surface area contributed by atoms with E-state index in [1.807, 2.05) is 0 Å². The maximum Gasteiger partial charge on any atom is 0.353 e. The van der Waals surface area contributed by atoms with E-state index < -0.39 is 96.4 Å². The first kappa shape index (κ1) is 41.8. The zero-order chi connectivity index (χ0) is 34.4. The van der Waals surface area contributed by atoms with Crippen molar-refractivity contribution in [1.29, 1.82) is 0 Å². The Kier molecular flexibility index (Phi) is 18.1. The van der Waals surface area contributed by atoms with E-state index in [1.54, 1.807) is 20.8 Å². The van der Waals surface area contributed by atoms with Crippen LogP contribution in [0.2, 0.25) is 0 Å². The Balaban J connectivity index is 4.06. The molecule has 45 heavy (non-hydrogen) atoms. The van der Waals surface area contributed by atoms with Crippen LogP contribution in [0.25, 0.3) is 0 Å². The fourth-order valence-electron chi connectivity index (χ4n) is 4.15. The molecule has 6 N–H and O–H groups in total. The topological polar surface area (TPSA) is 279 Å². The molecule has 1 aliphatic rings. The number of carbonyl (C=O) groups is 3. The van der Waals surface area contributed by atoms with Gasteiger partial charge in [-0.05, 0) is 19.3 Å². The highest BCUT2D eigenvalue weighted by molar-refractivity contribution is 7.53. The van der Waals surface area contributed by atoms with Crippen LogP contribution in [0.15, 0.2) is 0 Å². The third kappa shape index (κ3) is 14.2. The van der Waals surface area contributed by atoms with Crippen LogP contribution in [0.1, 0.15) is 78.6 Å². The van der Waals surface area contributed by atoms with Gasteiger partial charge in [-0.2, -0.15) is 0 Å². The molecule has 0 radical (unpaired) electrons. The van der Waals surface area contributed by atoms with Crippen molar-refractivity contribution in [2.45, 2.75) is 115 Å². The number of hydrogen-bond acceptors (Lipinski definition) is 15. The van der Waals surface area contributed by atoms with Gasteiger partial charge >= 0.3 is 40.7 Å². The minimum Gasteiger partial charge on any atom is -0.455 e. The maximum atomic E-state index is 12.9.